The maximum Gasteiger partial charge on any atom is 0.274 e. The Morgan fingerprint density at radius 1 is 1.14 bits per heavy atom. The summed E-state index contributed by atoms with van der Waals surface area (Å²) < 4.78 is 1.15. The van der Waals surface area contributed by atoms with Crippen LogP contribution in [-0.4, -0.2) is 50.8 Å². The van der Waals surface area contributed by atoms with Crippen LogP contribution in [0.15, 0.2) is 90.9 Å². The van der Waals surface area contributed by atoms with E-state index in [1.165, 1.54) is 36.8 Å². The SMILES string of the molecule is C=CCNC(=O)/C=C/CCC(NC(=O)c1nccc2cnccc12)C(=O)Nc1cccn(CC(=O)NC(=C)CC)c1=O. The van der Waals surface area contributed by atoms with Crippen LogP contribution in [0.1, 0.15) is 36.7 Å². The Kier molecular flexibility index (Phi) is 11.4. The number of aromatic nitrogens is 3. The van der Waals surface area contributed by atoms with E-state index in [2.05, 4.69) is 44.4 Å². The molecule has 12 nitrogen and oxygen atoms in total. The van der Waals surface area contributed by atoms with Gasteiger partial charge in [-0.2, -0.15) is 0 Å². The van der Waals surface area contributed by atoms with E-state index in [4.69, 9.17) is 0 Å². The number of hydrogen-bond donors (Lipinski definition) is 4. The van der Waals surface area contributed by atoms with Gasteiger partial charge in [0.2, 0.25) is 17.7 Å². The number of nitrogens with one attached hydrogen (secondary N) is 4. The van der Waals surface area contributed by atoms with Gasteiger partial charge in [-0.15, -0.1) is 6.58 Å². The highest BCUT2D eigenvalue weighted by atomic mass is 16.2. The van der Waals surface area contributed by atoms with Gasteiger partial charge >= 0.3 is 0 Å². The molecular formula is C30H33N7O5. The average molecular weight is 572 g/mol. The van der Waals surface area contributed by atoms with Gasteiger partial charge < -0.3 is 25.8 Å². The van der Waals surface area contributed by atoms with Crippen LogP contribution in [0.3, 0.4) is 0 Å². The minimum Gasteiger partial charge on any atom is -0.349 e. The van der Waals surface area contributed by atoms with Crippen LogP contribution in [0.25, 0.3) is 10.8 Å². The summed E-state index contributed by atoms with van der Waals surface area (Å²) in [4.78, 5) is 72.0. The second-order valence-corrected chi connectivity index (χ2v) is 9.15. The maximum atomic E-state index is 13.4. The molecule has 218 valence electrons. The second-order valence-electron chi connectivity index (χ2n) is 9.15. The van der Waals surface area contributed by atoms with Crippen LogP contribution in [0.2, 0.25) is 0 Å². The first-order valence-electron chi connectivity index (χ1n) is 13.3. The minimum absolute atomic E-state index is 0.0717. The van der Waals surface area contributed by atoms with Gasteiger partial charge in [-0.1, -0.05) is 25.7 Å². The number of hydrogen-bond acceptors (Lipinski definition) is 7. The van der Waals surface area contributed by atoms with E-state index >= 15 is 0 Å². The zero-order valence-electron chi connectivity index (χ0n) is 23.3. The zero-order valence-corrected chi connectivity index (χ0v) is 23.3. The van der Waals surface area contributed by atoms with Crippen molar-refractivity contribution in [3.05, 3.63) is 102 Å². The number of nitrogens with zero attached hydrogens (tertiary/aromatic N) is 3. The molecule has 0 aromatic carbocycles. The van der Waals surface area contributed by atoms with Crippen molar-refractivity contribution in [2.24, 2.45) is 0 Å². The van der Waals surface area contributed by atoms with Crippen molar-refractivity contribution < 1.29 is 19.2 Å². The van der Waals surface area contributed by atoms with Crippen LogP contribution in [0.5, 0.6) is 0 Å². The molecule has 0 aliphatic heterocycles. The quantitative estimate of drug-likeness (QED) is 0.170. The first-order valence-corrected chi connectivity index (χ1v) is 13.3. The molecule has 0 spiro atoms. The summed E-state index contributed by atoms with van der Waals surface area (Å²) in [5.74, 6) is -2.02. The van der Waals surface area contributed by atoms with Crippen molar-refractivity contribution in [2.45, 2.75) is 38.8 Å². The van der Waals surface area contributed by atoms with Gasteiger partial charge in [-0.25, -0.2) is 0 Å². The highest BCUT2D eigenvalue weighted by molar-refractivity contribution is 6.07. The summed E-state index contributed by atoms with van der Waals surface area (Å²) in [5.41, 5.74) is -0.0539. The van der Waals surface area contributed by atoms with Gasteiger partial charge in [0.1, 0.15) is 24.0 Å². The summed E-state index contributed by atoms with van der Waals surface area (Å²) in [6.45, 7) is 9.12. The number of carbonyl (C=O) groups excluding carboxylic acids is 4. The van der Waals surface area contributed by atoms with Gasteiger partial charge in [-0.05, 0) is 49.6 Å². The van der Waals surface area contributed by atoms with E-state index in [0.29, 0.717) is 29.4 Å². The number of fused-ring (bicyclic) bond motifs is 1. The molecule has 0 bridgehead atoms. The molecule has 0 saturated heterocycles. The van der Waals surface area contributed by atoms with Crippen molar-refractivity contribution in [1.82, 2.24) is 30.5 Å². The molecule has 0 radical (unpaired) electrons. The molecule has 0 aliphatic rings. The number of allylic oxidation sites excluding steroid dienone is 2. The van der Waals surface area contributed by atoms with Gasteiger partial charge in [0.15, 0.2) is 0 Å². The van der Waals surface area contributed by atoms with E-state index in [0.717, 1.165) is 4.57 Å². The van der Waals surface area contributed by atoms with E-state index in [9.17, 15) is 24.0 Å². The Morgan fingerprint density at radius 3 is 2.71 bits per heavy atom. The zero-order chi connectivity index (χ0) is 30.5. The second kappa shape index (κ2) is 15.4. The highest BCUT2D eigenvalue weighted by Gasteiger charge is 2.24. The molecule has 3 rings (SSSR count). The lowest BCUT2D eigenvalue weighted by molar-refractivity contribution is -0.121. The predicted molar refractivity (Wildman–Crippen MR) is 159 cm³/mol. The molecule has 0 fully saturated rings. The normalized spacial score (nSPS) is 11.5. The monoisotopic (exact) mass is 571 g/mol. The minimum atomic E-state index is -1.10. The number of amides is 4. The van der Waals surface area contributed by atoms with Gasteiger partial charge in [-0.3, -0.25) is 33.9 Å². The summed E-state index contributed by atoms with van der Waals surface area (Å²) >= 11 is 0. The van der Waals surface area contributed by atoms with E-state index in [1.807, 2.05) is 6.92 Å². The topological polar surface area (TPSA) is 164 Å². The fraction of sp³-hybridized carbons (Fsp3) is 0.233. The Bertz CT molecular complexity index is 1570. The number of rotatable bonds is 14. The largest absolute Gasteiger partial charge is 0.349 e. The van der Waals surface area contributed by atoms with Crippen molar-refractivity contribution in [3.8, 4) is 0 Å². The first-order chi connectivity index (χ1) is 20.2. The highest BCUT2D eigenvalue weighted by Crippen LogP contribution is 2.16. The number of anilines is 1. The molecule has 4 N–H and O–H groups in total. The Balaban J connectivity index is 1.80. The molecule has 0 saturated carbocycles. The van der Waals surface area contributed by atoms with Crippen LogP contribution in [-0.2, 0) is 20.9 Å². The van der Waals surface area contributed by atoms with Crippen LogP contribution in [0, 0.1) is 0 Å². The third kappa shape index (κ3) is 8.81. The standard InChI is InChI=1S/C30H33N7O5/c1-4-14-32-25(38)11-7-6-9-23(35-29(41)27-22-13-15-31-18-21(22)12-16-33-27)28(40)36-24-10-8-17-37(30(24)42)19-26(39)34-20(3)5-2/h4,7-8,10-13,15-18,23H,1,3,5-6,9,14,19H2,2H3,(H,32,38)(H,34,39)(H,35,41)(H,36,40)/b11-7+. The van der Waals surface area contributed by atoms with Crippen LogP contribution in [0.4, 0.5) is 5.69 Å². The Labute approximate surface area is 242 Å². The average Bonchev–Trinajstić information content (AvgIpc) is 2.98. The lowest BCUT2D eigenvalue weighted by Crippen LogP contribution is -2.45. The third-order valence-electron chi connectivity index (χ3n) is 6.05. The van der Waals surface area contributed by atoms with Gasteiger partial charge in [0.05, 0.1) is 0 Å². The molecule has 12 heteroatoms. The molecule has 1 atom stereocenters. The molecule has 3 heterocycles. The van der Waals surface area contributed by atoms with Crippen LogP contribution >= 0.6 is 0 Å². The molecule has 3 aromatic rings. The lowest BCUT2D eigenvalue weighted by atomic mass is 10.1. The van der Waals surface area contributed by atoms with E-state index in [-0.39, 0.29) is 36.7 Å². The smallest absolute Gasteiger partial charge is 0.274 e. The maximum absolute atomic E-state index is 13.4. The van der Waals surface area contributed by atoms with Crippen molar-refractivity contribution in [2.75, 3.05) is 11.9 Å². The fourth-order valence-corrected chi connectivity index (χ4v) is 3.83. The molecule has 4 amide bonds. The van der Waals surface area contributed by atoms with Crippen molar-refractivity contribution in [3.63, 3.8) is 0 Å². The molecule has 42 heavy (non-hydrogen) atoms. The van der Waals surface area contributed by atoms with E-state index in [1.54, 1.807) is 30.5 Å². The fourth-order valence-electron chi connectivity index (χ4n) is 3.83. The van der Waals surface area contributed by atoms with Gasteiger partial charge in [0, 0.05) is 47.8 Å². The van der Waals surface area contributed by atoms with E-state index < -0.39 is 29.3 Å². The molecule has 0 aliphatic carbocycles. The summed E-state index contributed by atoms with van der Waals surface area (Å²) in [6, 6.07) is 5.19. The van der Waals surface area contributed by atoms with Crippen LogP contribution < -0.4 is 26.8 Å². The molecule has 1 unspecified atom stereocenters. The van der Waals surface area contributed by atoms with Crippen molar-refractivity contribution >= 4 is 40.1 Å². The Hall–Kier alpha value is -5.39. The first kappa shape index (κ1) is 31.1. The predicted octanol–water partition coefficient (Wildman–Crippen LogP) is 2.21. The summed E-state index contributed by atoms with van der Waals surface area (Å²) in [6.07, 6.45) is 11.4. The molecule has 3 aromatic heterocycles. The lowest BCUT2D eigenvalue weighted by Gasteiger charge is -2.18. The summed E-state index contributed by atoms with van der Waals surface area (Å²) in [7, 11) is 0. The van der Waals surface area contributed by atoms with Crippen molar-refractivity contribution in [1.29, 1.82) is 0 Å². The number of carbonyl (C=O) groups is 4. The Morgan fingerprint density at radius 2 is 1.95 bits per heavy atom. The summed E-state index contributed by atoms with van der Waals surface area (Å²) in [5, 5.41) is 11.7. The number of pyridine rings is 3. The third-order valence-corrected chi connectivity index (χ3v) is 6.05. The molecular weight excluding hydrogens is 538 g/mol. The van der Waals surface area contributed by atoms with Gasteiger partial charge in [0.25, 0.3) is 11.5 Å².